The van der Waals surface area contributed by atoms with Gasteiger partial charge in [0, 0.05) is 17.7 Å². The summed E-state index contributed by atoms with van der Waals surface area (Å²) in [6.07, 6.45) is 5.68. The van der Waals surface area contributed by atoms with Crippen LogP contribution >= 0.6 is 11.3 Å². The van der Waals surface area contributed by atoms with Gasteiger partial charge < -0.3 is 15.8 Å². The largest absolute Gasteiger partial charge is 0.494 e. The number of ether oxygens (including phenoxy) is 1. The van der Waals surface area contributed by atoms with E-state index in [0.717, 1.165) is 42.4 Å². The summed E-state index contributed by atoms with van der Waals surface area (Å²) in [7, 11) is -1.45. The fourth-order valence-corrected chi connectivity index (χ4v) is 5.69. The fourth-order valence-electron chi connectivity index (χ4n) is 3.72. The minimum atomic E-state index is -3.28. The second-order valence-electron chi connectivity index (χ2n) is 8.01. The Labute approximate surface area is 192 Å². The van der Waals surface area contributed by atoms with Crippen molar-refractivity contribution in [3.63, 3.8) is 0 Å². The summed E-state index contributed by atoms with van der Waals surface area (Å²) in [6, 6.07) is 6.39. The van der Waals surface area contributed by atoms with Crippen LogP contribution in [0, 0.1) is 0 Å². The van der Waals surface area contributed by atoms with Crippen LogP contribution in [0.25, 0.3) is 0 Å². The van der Waals surface area contributed by atoms with Gasteiger partial charge in [0.2, 0.25) is 5.91 Å². The molecule has 1 heterocycles. The number of thiophene rings is 1. The third-order valence-electron chi connectivity index (χ3n) is 5.27. The molecule has 2 amide bonds. The maximum Gasteiger partial charge on any atom is 0.251 e. The van der Waals surface area contributed by atoms with Crippen LogP contribution in [0.4, 0.5) is 5.00 Å². The summed E-state index contributed by atoms with van der Waals surface area (Å²) >= 11 is 1.45. The molecular weight excluding hydrogens is 450 g/mol. The van der Waals surface area contributed by atoms with E-state index in [4.69, 9.17) is 10.5 Å². The number of aryl methyl sites for hydroxylation is 1. The molecule has 0 radical (unpaired) electrons. The van der Waals surface area contributed by atoms with Gasteiger partial charge >= 0.3 is 0 Å². The average molecular weight is 480 g/mol. The molecule has 1 aromatic carbocycles. The lowest BCUT2D eigenvalue weighted by Gasteiger charge is -2.16. The lowest BCUT2D eigenvalue weighted by atomic mass is 9.95. The lowest BCUT2D eigenvalue weighted by molar-refractivity contribution is -0.117. The van der Waals surface area contributed by atoms with Gasteiger partial charge in [-0.3, -0.25) is 14.5 Å². The zero-order chi connectivity index (χ0) is 23.3. The average Bonchev–Trinajstić information content (AvgIpc) is 3.08. The van der Waals surface area contributed by atoms with Crippen molar-refractivity contribution in [2.24, 2.45) is 5.73 Å². The normalized spacial score (nSPS) is 13.6. The molecule has 1 aliphatic rings. The second-order valence-corrected chi connectivity index (χ2v) is 11.1. The number of benzene rings is 1. The van der Waals surface area contributed by atoms with Crippen molar-refractivity contribution in [1.82, 2.24) is 4.90 Å². The number of nitrogens with one attached hydrogen (secondary N) is 1. The van der Waals surface area contributed by atoms with Crippen LogP contribution in [-0.4, -0.2) is 58.1 Å². The predicted octanol–water partition coefficient (Wildman–Crippen LogP) is 2.47. The van der Waals surface area contributed by atoms with Crippen molar-refractivity contribution < 1.29 is 22.7 Å². The van der Waals surface area contributed by atoms with E-state index in [1.54, 1.807) is 12.1 Å². The van der Waals surface area contributed by atoms with E-state index in [1.807, 2.05) is 11.9 Å². The van der Waals surface area contributed by atoms with Gasteiger partial charge in [-0.25, -0.2) is 8.42 Å². The number of amides is 2. The van der Waals surface area contributed by atoms with E-state index in [0.29, 0.717) is 35.9 Å². The SMILES string of the molecule is CN(CCCOc1cccc(S(C)(=O)=O)c1)CC(=O)Nc1sc2c(c1C(N)=O)CCCC2. The molecule has 1 aliphatic carbocycles. The zero-order valence-electron chi connectivity index (χ0n) is 18.3. The number of hydrogen-bond acceptors (Lipinski definition) is 7. The molecule has 0 saturated carbocycles. The van der Waals surface area contributed by atoms with Gasteiger partial charge in [-0.1, -0.05) is 6.07 Å². The molecular formula is C22H29N3O5S2. The van der Waals surface area contributed by atoms with E-state index in [9.17, 15) is 18.0 Å². The summed E-state index contributed by atoms with van der Waals surface area (Å²) in [5.74, 6) is -0.200. The van der Waals surface area contributed by atoms with Crippen LogP contribution < -0.4 is 15.8 Å². The van der Waals surface area contributed by atoms with Crippen molar-refractivity contribution in [2.45, 2.75) is 37.0 Å². The Hall–Kier alpha value is -2.43. The predicted molar refractivity (Wildman–Crippen MR) is 125 cm³/mol. The van der Waals surface area contributed by atoms with Crippen molar-refractivity contribution in [2.75, 3.05) is 38.3 Å². The number of hydrogen-bond donors (Lipinski definition) is 2. The Morgan fingerprint density at radius 1 is 1.25 bits per heavy atom. The number of anilines is 1. The van der Waals surface area contributed by atoms with Gasteiger partial charge in [0.25, 0.3) is 5.91 Å². The number of likely N-dealkylation sites (N-methyl/N-ethyl adjacent to an activating group) is 1. The molecule has 3 rings (SSSR count). The fraction of sp³-hybridized carbons (Fsp3) is 0.455. The molecule has 174 valence electrons. The Morgan fingerprint density at radius 2 is 2.00 bits per heavy atom. The lowest BCUT2D eigenvalue weighted by Crippen LogP contribution is -2.31. The van der Waals surface area contributed by atoms with Gasteiger partial charge in [0.1, 0.15) is 10.8 Å². The zero-order valence-corrected chi connectivity index (χ0v) is 20.0. The number of sulfone groups is 1. The van der Waals surface area contributed by atoms with E-state index in [2.05, 4.69) is 5.32 Å². The Morgan fingerprint density at radius 3 is 2.72 bits per heavy atom. The maximum atomic E-state index is 12.5. The standard InChI is InChI=1S/C22H29N3O5S2/c1-25(11-6-12-30-15-7-5-8-16(13-15)32(2,28)29)14-19(26)24-22-20(21(23)27)17-9-3-4-10-18(17)31-22/h5,7-8,13H,3-4,6,9-12,14H2,1-2H3,(H2,23,27)(H,24,26). The number of nitrogens with two attached hydrogens (primary N) is 1. The van der Waals surface area contributed by atoms with Crippen LogP contribution in [0.5, 0.6) is 5.75 Å². The molecule has 0 fully saturated rings. The monoisotopic (exact) mass is 479 g/mol. The Bertz CT molecular complexity index is 1090. The first-order chi connectivity index (χ1) is 15.1. The molecule has 10 heteroatoms. The van der Waals surface area contributed by atoms with Crippen LogP contribution in [0.1, 0.15) is 40.1 Å². The minimum absolute atomic E-state index is 0.171. The van der Waals surface area contributed by atoms with Crippen molar-refractivity contribution >= 4 is 38.0 Å². The second kappa shape index (κ2) is 10.5. The highest BCUT2D eigenvalue weighted by Gasteiger charge is 2.25. The highest BCUT2D eigenvalue weighted by atomic mass is 32.2. The first kappa shape index (κ1) is 24.2. The summed E-state index contributed by atoms with van der Waals surface area (Å²) in [4.78, 5) is 27.7. The quantitative estimate of drug-likeness (QED) is 0.505. The molecule has 0 atom stereocenters. The molecule has 0 spiro atoms. The highest BCUT2D eigenvalue weighted by Crippen LogP contribution is 2.37. The molecule has 3 N–H and O–H groups in total. The van der Waals surface area contributed by atoms with Gasteiger partial charge in [0.15, 0.2) is 9.84 Å². The van der Waals surface area contributed by atoms with Crippen molar-refractivity contribution in [1.29, 1.82) is 0 Å². The number of fused-ring (bicyclic) bond motifs is 1. The summed E-state index contributed by atoms with van der Waals surface area (Å²) < 4.78 is 28.9. The van der Waals surface area contributed by atoms with E-state index >= 15 is 0 Å². The smallest absolute Gasteiger partial charge is 0.251 e. The summed E-state index contributed by atoms with van der Waals surface area (Å²) in [5, 5.41) is 3.42. The van der Waals surface area contributed by atoms with Crippen LogP contribution in [0.3, 0.4) is 0 Å². The third kappa shape index (κ3) is 6.30. The Balaban J connectivity index is 1.47. The first-order valence-electron chi connectivity index (χ1n) is 10.5. The molecule has 8 nitrogen and oxygen atoms in total. The van der Waals surface area contributed by atoms with Crippen molar-refractivity contribution in [3.05, 3.63) is 40.3 Å². The number of nitrogens with zero attached hydrogens (tertiary/aromatic N) is 1. The molecule has 0 unspecified atom stereocenters. The van der Waals surface area contributed by atoms with Gasteiger partial charge in [0.05, 0.1) is 23.6 Å². The van der Waals surface area contributed by atoms with Gasteiger partial charge in [-0.15, -0.1) is 11.3 Å². The topological polar surface area (TPSA) is 119 Å². The molecule has 0 saturated heterocycles. The minimum Gasteiger partial charge on any atom is -0.494 e. The van der Waals surface area contributed by atoms with Crippen LogP contribution in [0.2, 0.25) is 0 Å². The number of carbonyl (C=O) groups is 2. The molecule has 2 aromatic rings. The summed E-state index contributed by atoms with van der Waals surface area (Å²) in [5.41, 5.74) is 7.04. The van der Waals surface area contributed by atoms with Crippen molar-refractivity contribution in [3.8, 4) is 5.75 Å². The van der Waals surface area contributed by atoms with Crippen LogP contribution in [0.15, 0.2) is 29.2 Å². The third-order valence-corrected chi connectivity index (χ3v) is 7.59. The molecule has 0 aliphatic heterocycles. The van der Waals surface area contributed by atoms with Gasteiger partial charge in [-0.05, 0) is 62.9 Å². The molecule has 0 bridgehead atoms. The van der Waals surface area contributed by atoms with E-state index in [-0.39, 0.29) is 17.3 Å². The highest BCUT2D eigenvalue weighted by molar-refractivity contribution is 7.90. The van der Waals surface area contributed by atoms with Gasteiger partial charge in [-0.2, -0.15) is 0 Å². The van der Waals surface area contributed by atoms with E-state index in [1.165, 1.54) is 23.5 Å². The molecule has 32 heavy (non-hydrogen) atoms. The summed E-state index contributed by atoms with van der Waals surface area (Å²) in [6.45, 7) is 1.18. The van der Waals surface area contributed by atoms with Crippen LogP contribution in [-0.2, 0) is 27.5 Å². The number of carbonyl (C=O) groups excluding carboxylic acids is 2. The Kier molecular flexibility index (Phi) is 7.91. The number of primary amides is 1. The number of rotatable bonds is 10. The molecule has 1 aromatic heterocycles. The first-order valence-corrected chi connectivity index (χ1v) is 13.2. The maximum absolute atomic E-state index is 12.5. The van der Waals surface area contributed by atoms with E-state index < -0.39 is 15.7 Å².